The quantitative estimate of drug-likeness (QED) is 0.876. The van der Waals surface area contributed by atoms with Crippen LogP contribution in [0.25, 0.3) is 5.52 Å². The lowest BCUT2D eigenvalue weighted by Crippen LogP contribution is -2.44. The van der Waals surface area contributed by atoms with Crippen LogP contribution < -0.4 is 10.1 Å². The molecule has 6 heteroatoms. The maximum absolute atomic E-state index is 8.93. The van der Waals surface area contributed by atoms with E-state index in [0.717, 1.165) is 44.0 Å². The summed E-state index contributed by atoms with van der Waals surface area (Å²) in [6.45, 7) is 5.85. The summed E-state index contributed by atoms with van der Waals surface area (Å²) in [7, 11) is 0. The summed E-state index contributed by atoms with van der Waals surface area (Å²) in [6, 6.07) is 5.87. The first-order valence-corrected chi connectivity index (χ1v) is 6.80. The second-order valence-corrected chi connectivity index (χ2v) is 4.80. The van der Waals surface area contributed by atoms with E-state index in [1.54, 1.807) is 10.7 Å². The van der Waals surface area contributed by atoms with Crippen LogP contribution in [0.15, 0.2) is 24.5 Å². The number of rotatable bonds is 4. The summed E-state index contributed by atoms with van der Waals surface area (Å²) in [5, 5.41) is 16.4. The lowest BCUT2D eigenvalue weighted by Gasteiger charge is -2.26. The average Bonchev–Trinajstić information content (AvgIpc) is 2.90. The lowest BCUT2D eigenvalue weighted by atomic mass is 10.3. The Kier molecular flexibility index (Phi) is 3.81. The van der Waals surface area contributed by atoms with Gasteiger partial charge >= 0.3 is 0 Å². The Morgan fingerprint density at radius 1 is 1.35 bits per heavy atom. The number of piperazine rings is 1. The molecule has 0 atom stereocenters. The van der Waals surface area contributed by atoms with Crippen molar-refractivity contribution < 1.29 is 4.74 Å². The van der Waals surface area contributed by atoms with Crippen LogP contribution in [0.5, 0.6) is 5.75 Å². The number of ether oxygens (including phenoxy) is 1. The molecule has 2 aromatic heterocycles. The van der Waals surface area contributed by atoms with E-state index < -0.39 is 0 Å². The van der Waals surface area contributed by atoms with E-state index in [2.05, 4.69) is 21.4 Å². The summed E-state index contributed by atoms with van der Waals surface area (Å²) >= 11 is 0. The van der Waals surface area contributed by atoms with E-state index in [1.165, 1.54) is 0 Å². The van der Waals surface area contributed by atoms with Crippen molar-refractivity contribution in [2.24, 2.45) is 0 Å². The van der Waals surface area contributed by atoms with Crippen molar-refractivity contribution >= 4 is 5.52 Å². The van der Waals surface area contributed by atoms with Gasteiger partial charge in [0, 0.05) is 32.7 Å². The predicted octanol–water partition coefficient (Wildman–Crippen LogP) is 0.490. The molecular weight excluding hydrogens is 254 g/mol. The molecule has 1 aliphatic heterocycles. The molecule has 0 saturated carbocycles. The standard InChI is InChI=1S/C14H17N5O/c15-9-12-10-17-19-11-13(1-2-14(12)19)20-8-7-18-5-3-16-4-6-18/h1-2,10-11,16H,3-8H2. The topological polar surface area (TPSA) is 65.6 Å². The van der Waals surface area contributed by atoms with Crippen LogP contribution in [0.4, 0.5) is 0 Å². The van der Waals surface area contributed by atoms with Gasteiger partial charge in [-0.3, -0.25) is 4.90 Å². The minimum atomic E-state index is 0.581. The normalized spacial score (nSPS) is 16.1. The lowest BCUT2D eigenvalue weighted by molar-refractivity contribution is 0.191. The number of pyridine rings is 1. The Balaban J connectivity index is 1.59. The second kappa shape index (κ2) is 5.90. The van der Waals surface area contributed by atoms with Crippen molar-refractivity contribution in [2.75, 3.05) is 39.3 Å². The summed E-state index contributed by atoms with van der Waals surface area (Å²) in [5.41, 5.74) is 1.39. The zero-order valence-corrected chi connectivity index (χ0v) is 11.2. The van der Waals surface area contributed by atoms with Gasteiger partial charge in [0.1, 0.15) is 18.4 Å². The Morgan fingerprint density at radius 3 is 3.00 bits per heavy atom. The van der Waals surface area contributed by atoms with Crippen molar-refractivity contribution in [3.05, 3.63) is 30.1 Å². The van der Waals surface area contributed by atoms with E-state index >= 15 is 0 Å². The van der Waals surface area contributed by atoms with Crippen LogP contribution in [0.1, 0.15) is 5.56 Å². The first kappa shape index (κ1) is 12.9. The van der Waals surface area contributed by atoms with Gasteiger partial charge in [0.2, 0.25) is 0 Å². The fraction of sp³-hybridized carbons (Fsp3) is 0.429. The molecule has 0 aliphatic carbocycles. The number of hydrogen-bond acceptors (Lipinski definition) is 5. The molecule has 1 aliphatic rings. The van der Waals surface area contributed by atoms with Crippen LogP contribution in [-0.4, -0.2) is 53.8 Å². The molecule has 0 aromatic carbocycles. The van der Waals surface area contributed by atoms with Crippen molar-refractivity contribution in [3.63, 3.8) is 0 Å². The SMILES string of the molecule is N#Cc1cnn2cc(OCCN3CCNCC3)ccc12. The molecule has 6 nitrogen and oxygen atoms in total. The van der Waals surface area contributed by atoms with E-state index in [0.29, 0.717) is 12.2 Å². The summed E-state index contributed by atoms with van der Waals surface area (Å²) in [6.07, 6.45) is 3.38. The largest absolute Gasteiger partial charge is 0.491 e. The first-order valence-electron chi connectivity index (χ1n) is 6.80. The zero-order valence-electron chi connectivity index (χ0n) is 11.2. The molecule has 0 amide bonds. The smallest absolute Gasteiger partial charge is 0.137 e. The van der Waals surface area contributed by atoms with E-state index in [9.17, 15) is 0 Å². The molecule has 2 aromatic rings. The van der Waals surface area contributed by atoms with Crippen molar-refractivity contribution in [1.29, 1.82) is 5.26 Å². The highest BCUT2D eigenvalue weighted by Crippen LogP contribution is 2.15. The molecule has 3 heterocycles. The summed E-state index contributed by atoms with van der Waals surface area (Å²) in [4.78, 5) is 2.39. The number of fused-ring (bicyclic) bond motifs is 1. The third kappa shape index (κ3) is 2.74. The van der Waals surface area contributed by atoms with Crippen LogP contribution in [0.3, 0.4) is 0 Å². The molecule has 1 N–H and O–H groups in total. The van der Waals surface area contributed by atoms with E-state index in [4.69, 9.17) is 10.00 Å². The fourth-order valence-electron chi connectivity index (χ4n) is 2.36. The van der Waals surface area contributed by atoms with Crippen LogP contribution in [-0.2, 0) is 0 Å². The first-order chi connectivity index (χ1) is 9.86. The van der Waals surface area contributed by atoms with Crippen molar-refractivity contribution in [2.45, 2.75) is 0 Å². The van der Waals surface area contributed by atoms with Gasteiger partial charge in [0.25, 0.3) is 0 Å². The Bertz CT molecular complexity index is 624. The number of nitrogens with zero attached hydrogens (tertiary/aromatic N) is 4. The van der Waals surface area contributed by atoms with E-state index in [1.807, 2.05) is 18.3 Å². The van der Waals surface area contributed by atoms with Crippen LogP contribution >= 0.6 is 0 Å². The summed E-state index contributed by atoms with van der Waals surface area (Å²) < 4.78 is 7.43. The molecule has 20 heavy (non-hydrogen) atoms. The highest BCUT2D eigenvalue weighted by Gasteiger charge is 2.09. The molecule has 0 bridgehead atoms. The van der Waals surface area contributed by atoms with Gasteiger partial charge in [-0.2, -0.15) is 10.4 Å². The Hall–Kier alpha value is -2.10. The highest BCUT2D eigenvalue weighted by atomic mass is 16.5. The number of hydrogen-bond donors (Lipinski definition) is 1. The molecule has 0 spiro atoms. The fourth-order valence-corrected chi connectivity index (χ4v) is 2.36. The number of nitriles is 1. The Morgan fingerprint density at radius 2 is 2.20 bits per heavy atom. The molecule has 1 fully saturated rings. The third-order valence-electron chi connectivity index (χ3n) is 3.50. The molecule has 1 saturated heterocycles. The van der Waals surface area contributed by atoms with Crippen molar-refractivity contribution in [1.82, 2.24) is 19.8 Å². The predicted molar refractivity (Wildman–Crippen MR) is 74.7 cm³/mol. The third-order valence-corrected chi connectivity index (χ3v) is 3.50. The number of nitrogens with one attached hydrogen (secondary N) is 1. The van der Waals surface area contributed by atoms with Gasteiger partial charge in [-0.15, -0.1) is 0 Å². The maximum Gasteiger partial charge on any atom is 0.137 e. The van der Waals surface area contributed by atoms with Gasteiger partial charge in [-0.05, 0) is 12.1 Å². The Labute approximate surface area is 117 Å². The maximum atomic E-state index is 8.93. The van der Waals surface area contributed by atoms with Crippen molar-refractivity contribution in [3.8, 4) is 11.8 Å². The van der Waals surface area contributed by atoms with Gasteiger partial charge in [-0.1, -0.05) is 0 Å². The monoisotopic (exact) mass is 271 g/mol. The number of aromatic nitrogens is 2. The second-order valence-electron chi connectivity index (χ2n) is 4.80. The van der Waals surface area contributed by atoms with E-state index in [-0.39, 0.29) is 0 Å². The van der Waals surface area contributed by atoms with Gasteiger partial charge in [0.15, 0.2) is 0 Å². The zero-order chi connectivity index (χ0) is 13.8. The minimum absolute atomic E-state index is 0.581. The molecular formula is C14H17N5O. The minimum Gasteiger partial charge on any atom is -0.491 e. The van der Waals surface area contributed by atoms with Crippen LogP contribution in [0.2, 0.25) is 0 Å². The average molecular weight is 271 g/mol. The van der Waals surface area contributed by atoms with Gasteiger partial charge < -0.3 is 10.1 Å². The van der Waals surface area contributed by atoms with Gasteiger partial charge in [-0.25, -0.2) is 4.52 Å². The van der Waals surface area contributed by atoms with Crippen LogP contribution in [0, 0.1) is 11.3 Å². The summed E-state index contributed by atoms with van der Waals surface area (Å²) in [5.74, 6) is 0.778. The molecule has 3 rings (SSSR count). The molecule has 104 valence electrons. The highest BCUT2D eigenvalue weighted by molar-refractivity contribution is 5.60. The molecule has 0 radical (unpaired) electrons. The molecule has 0 unspecified atom stereocenters. The van der Waals surface area contributed by atoms with Gasteiger partial charge in [0.05, 0.1) is 23.5 Å².